The fourth-order valence-electron chi connectivity index (χ4n) is 2.63. The Balaban J connectivity index is 1.91. The van der Waals surface area contributed by atoms with Crippen LogP contribution >= 0.6 is 0 Å². The van der Waals surface area contributed by atoms with Crippen LogP contribution in [0.1, 0.15) is 39.2 Å². The van der Waals surface area contributed by atoms with Crippen LogP contribution in [0.3, 0.4) is 0 Å². The first-order valence-corrected chi connectivity index (χ1v) is 9.91. The fourth-order valence-corrected chi connectivity index (χ4v) is 2.63. The van der Waals surface area contributed by atoms with E-state index in [-0.39, 0.29) is 30.3 Å². The Hall–Kier alpha value is -3.80. The quantitative estimate of drug-likeness (QED) is 0.565. The molecule has 0 bridgehead atoms. The summed E-state index contributed by atoms with van der Waals surface area (Å²) in [5, 5.41) is 14.0. The first-order chi connectivity index (χ1) is 15.1. The van der Waals surface area contributed by atoms with E-state index in [0.717, 1.165) is 6.07 Å². The largest absolute Gasteiger partial charge is 0.493 e. The lowest BCUT2D eigenvalue weighted by atomic mass is 10.2. The van der Waals surface area contributed by atoms with Crippen molar-refractivity contribution >= 4 is 23.4 Å². The van der Waals surface area contributed by atoms with Crippen LogP contribution < -0.4 is 20.1 Å². The molecule has 0 spiro atoms. The van der Waals surface area contributed by atoms with Crippen molar-refractivity contribution in [3.05, 3.63) is 47.8 Å². The van der Waals surface area contributed by atoms with Crippen molar-refractivity contribution in [1.82, 2.24) is 0 Å². The number of hydrogen-bond donors (Lipinski definition) is 2. The van der Waals surface area contributed by atoms with Crippen molar-refractivity contribution in [3.63, 3.8) is 0 Å². The van der Waals surface area contributed by atoms with E-state index in [1.54, 1.807) is 39.0 Å². The number of benzene rings is 2. The molecule has 2 N–H and O–H groups in total. The summed E-state index contributed by atoms with van der Waals surface area (Å²) in [6, 6.07) is 10.4. The Bertz CT molecular complexity index is 1010. The molecule has 0 saturated carbocycles. The lowest BCUT2D eigenvalue weighted by molar-refractivity contribution is -0.116. The number of amides is 2. The first-order valence-electron chi connectivity index (χ1n) is 9.91. The second kappa shape index (κ2) is 11.0. The Morgan fingerprint density at radius 1 is 1.06 bits per heavy atom. The minimum atomic E-state index is -0.718. The first kappa shape index (κ1) is 24.5. The molecule has 2 amide bonds. The summed E-state index contributed by atoms with van der Waals surface area (Å²) in [7, 11) is 1.47. The monoisotopic (exact) mass is 443 g/mol. The molecular formula is C23H26FN3O5. The molecule has 0 aliphatic carbocycles. The van der Waals surface area contributed by atoms with Crippen LogP contribution in [-0.2, 0) is 9.53 Å². The summed E-state index contributed by atoms with van der Waals surface area (Å²) in [4.78, 5) is 24.3. The average molecular weight is 443 g/mol. The number of nitrogens with one attached hydrogen (secondary N) is 2. The molecule has 0 unspecified atom stereocenters. The molecule has 8 nitrogen and oxygen atoms in total. The van der Waals surface area contributed by atoms with Crippen molar-refractivity contribution in [2.24, 2.45) is 0 Å². The van der Waals surface area contributed by atoms with Crippen molar-refractivity contribution in [1.29, 1.82) is 5.26 Å². The van der Waals surface area contributed by atoms with Crippen molar-refractivity contribution in [3.8, 4) is 17.6 Å². The van der Waals surface area contributed by atoms with Crippen LogP contribution in [0.5, 0.6) is 11.5 Å². The Kier molecular flexibility index (Phi) is 8.41. The van der Waals surface area contributed by atoms with Gasteiger partial charge in [0.15, 0.2) is 11.5 Å². The van der Waals surface area contributed by atoms with E-state index in [0.29, 0.717) is 23.5 Å². The van der Waals surface area contributed by atoms with Gasteiger partial charge < -0.3 is 19.5 Å². The lowest BCUT2D eigenvalue weighted by Crippen LogP contribution is -2.27. The van der Waals surface area contributed by atoms with Gasteiger partial charge in [0.2, 0.25) is 5.91 Å². The molecule has 32 heavy (non-hydrogen) atoms. The SMILES string of the molecule is COc1cc(C#N)ccc1OCCCC(=O)Nc1cc(F)ccc1NC(=O)OC(C)(C)C. The number of anilines is 2. The number of methoxy groups -OCH3 is 1. The molecule has 170 valence electrons. The van der Waals surface area contributed by atoms with E-state index >= 15 is 0 Å². The van der Waals surface area contributed by atoms with Crippen LogP contribution in [0.15, 0.2) is 36.4 Å². The van der Waals surface area contributed by atoms with Crippen LogP contribution in [0.25, 0.3) is 0 Å². The third-order valence-electron chi connectivity index (χ3n) is 3.99. The minimum Gasteiger partial charge on any atom is -0.493 e. The Labute approximate surface area is 186 Å². The average Bonchev–Trinajstić information content (AvgIpc) is 2.71. The van der Waals surface area contributed by atoms with E-state index in [4.69, 9.17) is 19.5 Å². The van der Waals surface area contributed by atoms with E-state index in [2.05, 4.69) is 10.6 Å². The summed E-state index contributed by atoms with van der Waals surface area (Å²) < 4.78 is 29.7. The number of halogens is 1. The molecular weight excluding hydrogens is 417 g/mol. The second-order valence-corrected chi connectivity index (χ2v) is 7.79. The number of hydrogen-bond acceptors (Lipinski definition) is 6. The number of carbonyl (C=O) groups excluding carboxylic acids is 2. The third kappa shape index (κ3) is 7.80. The highest BCUT2D eigenvalue weighted by Crippen LogP contribution is 2.28. The summed E-state index contributed by atoms with van der Waals surface area (Å²) in [6.45, 7) is 5.38. The number of nitriles is 1. The number of nitrogens with zero attached hydrogens (tertiary/aromatic N) is 1. The van der Waals surface area contributed by atoms with E-state index < -0.39 is 17.5 Å². The standard InChI is InChI=1S/C23H26FN3O5/c1-23(2,3)32-22(29)27-17-9-8-16(24)13-18(17)26-21(28)6-5-11-31-19-10-7-15(14-25)12-20(19)30-4/h7-10,12-13H,5-6,11H2,1-4H3,(H,26,28)(H,27,29). The highest BCUT2D eigenvalue weighted by molar-refractivity contribution is 5.97. The number of rotatable bonds is 8. The maximum Gasteiger partial charge on any atom is 0.412 e. The van der Waals surface area contributed by atoms with Gasteiger partial charge in [0, 0.05) is 12.5 Å². The maximum atomic E-state index is 13.7. The molecule has 2 aromatic carbocycles. The van der Waals surface area contributed by atoms with Crippen molar-refractivity contribution in [2.75, 3.05) is 24.4 Å². The molecule has 0 heterocycles. The second-order valence-electron chi connectivity index (χ2n) is 7.79. The molecule has 0 radical (unpaired) electrons. The zero-order valence-corrected chi connectivity index (χ0v) is 18.5. The topological polar surface area (TPSA) is 110 Å². The van der Waals surface area contributed by atoms with Gasteiger partial charge in [0.25, 0.3) is 0 Å². The molecule has 9 heteroatoms. The van der Waals surface area contributed by atoms with E-state index in [1.165, 1.54) is 19.2 Å². The van der Waals surface area contributed by atoms with Crippen LogP contribution in [0.2, 0.25) is 0 Å². The molecule has 0 fully saturated rings. The molecule has 2 aromatic rings. The van der Waals surface area contributed by atoms with Gasteiger partial charge in [-0.2, -0.15) is 5.26 Å². The van der Waals surface area contributed by atoms with Crippen molar-refractivity contribution < 1.29 is 28.2 Å². The van der Waals surface area contributed by atoms with Crippen LogP contribution in [0, 0.1) is 17.1 Å². The summed E-state index contributed by atoms with van der Waals surface area (Å²) in [5.41, 5.74) is 0.0769. The van der Waals surface area contributed by atoms with Gasteiger partial charge in [-0.25, -0.2) is 9.18 Å². The maximum absolute atomic E-state index is 13.7. The third-order valence-corrected chi connectivity index (χ3v) is 3.99. The van der Waals surface area contributed by atoms with Gasteiger partial charge in [0.05, 0.1) is 36.7 Å². The zero-order chi connectivity index (χ0) is 23.7. The predicted molar refractivity (Wildman–Crippen MR) is 117 cm³/mol. The highest BCUT2D eigenvalue weighted by Gasteiger charge is 2.18. The summed E-state index contributed by atoms with van der Waals surface area (Å²) >= 11 is 0. The fraction of sp³-hybridized carbons (Fsp3) is 0.348. The van der Waals surface area contributed by atoms with Gasteiger partial charge in [-0.05, 0) is 57.5 Å². The molecule has 0 aromatic heterocycles. The highest BCUT2D eigenvalue weighted by atomic mass is 19.1. The lowest BCUT2D eigenvalue weighted by Gasteiger charge is -2.20. The van der Waals surface area contributed by atoms with Crippen LogP contribution in [0.4, 0.5) is 20.6 Å². The normalized spacial score (nSPS) is 10.6. The van der Waals surface area contributed by atoms with Gasteiger partial charge >= 0.3 is 6.09 Å². The molecule has 0 atom stereocenters. The van der Waals surface area contributed by atoms with E-state index in [9.17, 15) is 14.0 Å². The van der Waals surface area contributed by atoms with Gasteiger partial charge in [-0.15, -0.1) is 0 Å². The summed E-state index contributed by atoms with van der Waals surface area (Å²) in [5.74, 6) is -0.0588. The minimum absolute atomic E-state index is 0.0982. The smallest absolute Gasteiger partial charge is 0.412 e. The number of ether oxygens (including phenoxy) is 3. The van der Waals surface area contributed by atoms with E-state index in [1.807, 2.05) is 6.07 Å². The van der Waals surface area contributed by atoms with Crippen molar-refractivity contribution in [2.45, 2.75) is 39.2 Å². The Morgan fingerprint density at radius 2 is 1.81 bits per heavy atom. The zero-order valence-electron chi connectivity index (χ0n) is 18.5. The van der Waals surface area contributed by atoms with Crippen LogP contribution in [-0.4, -0.2) is 31.3 Å². The predicted octanol–water partition coefficient (Wildman–Crippen LogP) is 4.85. The molecule has 0 aliphatic heterocycles. The molecule has 0 saturated heterocycles. The van der Waals surface area contributed by atoms with Gasteiger partial charge in [-0.3, -0.25) is 10.1 Å². The molecule has 0 aliphatic rings. The molecule has 2 rings (SSSR count). The number of carbonyl (C=O) groups is 2. The van der Waals surface area contributed by atoms with Gasteiger partial charge in [0.1, 0.15) is 11.4 Å². The van der Waals surface area contributed by atoms with Gasteiger partial charge in [-0.1, -0.05) is 0 Å². The summed E-state index contributed by atoms with van der Waals surface area (Å²) in [6.07, 6.45) is -0.246. The Morgan fingerprint density at radius 3 is 2.47 bits per heavy atom.